The fraction of sp³-hybridized carbons (Fsp3) is 0.952. The molecule has 0 heterocycles. The summed E-state index contributed by atoms with van der Waals surface area (Å²) in [5.41, 5.74) is 0.343. The van der Waals surface area contributed by atoms with Crippen molar-refractivity contribution in [3.63, 3.8) is 0 Å². The lowest BCUT2D eigenvalue weighted by Crippen LogP contribution is -2.39. The zero-order valence-electron chi connectivity index (χ0n) is 16.1. The summed E-state index contributed by atoms with van der Waals surface area (Å²) in [4.78, 5) is 11.9. The van der Waals surface area contributed by atoms with Crippen molar-refractivity contribution in [2.75, 3.05) is 0 Å². The maximum Gasteiger partial charge on any atom is 0.306 e. The van der Waals surface area contributed by atoms with Crippen molar-refractivity contribution in [2.45, 2.75) is 110 Å². The van der Waals surface area contributed by atoms with Gasteiger partial charge in [0.25, 0.3) is 0 Å². The first-order valence-electron chi connectivity index (χ1n) is 10.3. The molecule has 140 valence electrons. The molecule has 0 aromatic carbocycles. The zero-order valence-corrected chi connectivity index (χ0v) is 16.1. The molecule has 0 aliphatic heterocycles. The van der Waals surface area contributed by atoms with Gasteiger partial charge in [0.05, 0.1) is 6.10 Å². The van der Waals surface area contributed by atoms with Gasteiger partial charge in [-0.2, -0.15) is 0 Å². The van der Waals surface area contributed by atoms with Crippen molar-refractivity contribution in [3.05, 3.63) is 0 Å². The Bertz CT molecular complexity index is 375. The second-order valence-corrected chi connectivity index (χ2v) is 8.75. The molecule has 24 heavy (non-hydrogen) atoms. The van der Waals surface area contributed by atoms with Gasteiger partial charge in [0.15, 0.2) is 0 Å². The molecular formula is C21H38O3. The van der Waals surface area contributed by atoms with E-state index in [4.69, 9.17) is 4.74 Å². The maximum atomic E-state index is 11.9. The minimum atomic E-state index is -0.0695. The zero-order chi connectivity index (χ0) is 17.6. The third-order valence-corrected chi connectivity index (χ3v) is 6.76. The summed E-state index contributed by atoms with van der Waals surface area (Å²) < 4.78 is 5.69. The molecule has 1 N–H and O–H groups in total. The SMILES string of the molecule is CCCCCC(=O)OC1CCC(C(C)(C)C2CCC(O)CC2)CC1. The average molecular weight is 339 g/mol. The molecule has 2 aliphatic rings. The van der Waals surface area contributed by atoms with Gasteiger partial charge in [-0.1, -0.05) is 33.6 Å². The van der Waals surface area contributed by atoms with Crippen molar-refractivity contribution in [3.8, 4) is 0 Å². The third-order valence-electron chi connectivity index (χ3n) is 6.76. The number of carbonyl (C=O) groups is 1. The molecule has 0 bridgehead atoms. The van der Waals surface area contributed by atoms with Crippen LogP contribution in [0.2, 0.25) is 0 Å². The second-order valence-electron chi connectivity index (χ2n) is 8.75. The summed E-state index contributed by atoms with van der Waals surface area (Å²) in [6, 6.07) is 0. The van der Waals surface area contributed by atoms with E-state index in [2.05, 4.69) is 20.8 Å². The van der Waals surface area contributed by atoms with Gasteiger partial charge in [-0.3, -0.25) is 4.79 Å². The van der Waals surface area contributed by atoms with E-state index in [-0.39, 0.29) is 18.2 Å². The van der Waals surface area contributed by atoms with Crippen LogP contribution in [0, 0.1) is 17.3 Å². The Morgan fingerprint density at radius 2 is 1.50 bits per heavy atom. The van der Waals surface area contributed by atoms with E-state index in [1.165, 1.54) is 25.7 Å². The van der Waals surface area contributed by atoms with Crippen LogP contribution in [0.3, 0.4) is 0 Å². The van der Waals surface area contributed by atoms with Crippen LogP contribution in [0.15, 0.2) is 0 Å². The highest BCUT2D eigenvalue weighted by Gasteiger charge is 2.40. The molecule has 0 aromatic rings. The van der Waals surface area contributed by atoms with Gasteiger partial charge >= 0.3 is 5.97 Å². The van der Waals surface area contributed by atoms with E-state index in [9.17, 15) is 9.90 Å². The fourth-order valence-corrected chi connectivity index (χ4v) is 4.84. The van der Waals surface area contributed by atoms with Crippen molar-refractivity contribution in [2.24, 2.45) is 17.3 Å². The van der Waals surface area contributed by atoms with Gasteiger partial charge in [0.2, 0.25) is 0 Å². The van der Waals surface area contributed by atoms with Crippen molar-refractivity contribution >= 4 is 5.97 Å². The van der Waals surface area contributed by atoms with Crippen LogP contribution in [0.25, 0.3) is 0 Å². The molecule has 2 aliphatic carbocycles. The fourth-order valence-electron chi connectivity index (χ4n) is 4.84. The lowest BCUT2D eigenvalue weighted by Gasteiger charge is -2.46. The van der Waals surface area contributed by atoms with Crippen LogP contribution < -0.4 is 0 Å². The molecule has 0 radical (unpaired) electrons. The van der Waals surface area contributed by atoms with Crippen molar-refractivity contribution < 1.29 is 14.6 Å². The van der Waals surface area contributed by atoms with Crippen LogP contribution in [0.5, 0.6) is 0 Å². The lowest BCUT2D eigenvalue weighted by atomic mass is 9.60. The molecule has 0 atom stereocenters. The number of hydrogen-bond donors (Lipinski definition) is 1. The Hall–Kier alpha value is -0.570. The molecule has 0 spiro atoms. The number of unbranched alkanes of at least 4 members (excludes halogenated alkanes) is 2. The van der Waals surface area contributed by atoms with Gasteiger partial charge < -0.3 is 9.84 Å². The Balaban J connectivity index is 1.74. The highest BCUT2D eigenvalue weighted by atomic mass is 16.5. The van der Waals surface area contributed by atoms with E-state index in [0.717, 1.165) is 56.8 Å². The number of aliphatic hydroxyl groups excluding tert-OH is 1. The normalized spacial score (nSPS) is 31.7. The molecular weight excluding hydrogens is 300 g/mol. The van der Waals surface area contributed by atoms with Gasteiger partial charge in [0, 0.05) is 6.42 Å². The quantitative estimate of drug-likeness (QED) is 0.509. The predicted octanol–water partition coefficient (Wildman–Crippen LogP) is 5.25. The predicted molar refractivity (Wildman–Crippen MR) is 97.7 cm³/mol. The molecule has 2 fully saturated rings. The first-order valence-corrected chi connectivity index (χ1v) is 10.3. The van der Waals surface area contributed by atoms with Gasteiger partial charge in [-0.25, -0.2) is 0 Å². The van der Waals surface area contributed by atoms with Crippen molar-refractivity contribution in [1.82, 2.24) is 0 Å². The molecule has 3 heteroatoms. The standard InChI is InChI=1S/C21H38O3/c1-4-5-6-7-20(23)24-19-14-10-17(11-15-19)21(2,3)16-8-12-18(22)13-9-16/h16-19,22H,4-15H2,1-3H3. The maximum absolute atomic E-state index is 11.9. The van der Waals surface area contributed by atoms with Crippen LogP contribution in [-0.2, 0) is 9.53 Å². The van der Waals surface area contributed by atoms with Gasteiger partial charge in [-0.15, -0.1) is 0 Å². The van der Waals surface area contributed by atoms with Crippen LogP contribution in [-0.4, -0.2) is 23.3 Å². The van der Waals surface area contributed by atoms with Gasteiger partial charge in [-0.05, 0) is 75.0 Å². The van der Waals surface area contributed by atoms with Gasteiger partial charge in [0.1, 0.15) is 6.10 Å². The third kappa shape index (κ3) is 5.47. The average Bonchev–Trinajstić information content (AvgIpc) is 2.56. The Kier molecular flexibility index (Phi) is 7.59. The largest absolute Gasteiger partial charge is 0.462 e. The summed E-state index contributed by atoms with van der Waals surface area (Å²) in [6.45, 7) is 7.01. The molecule has 2 saturated carbocycles. The van der Waals surface area contributed by atoms with E-state index < -0.39 is 0 Å². The molecule has 0 amide bonds. The second kappa shape index (κ2) is 9.22. The number of carbonyl (C=O) groups excluding carboxylic acids is 1. The summed E-state index contributed by atoms with van der Waals surface area (Å²) in [5.74, 6) is 1.47. The Labute approximate surface area is 148 Å². The summed E-state index contributed by atoms with van der Waals surface area (Å²) in [6.07, 6.45) is 12.6. The number of hydrogen-bond acceptors (Lipinski definition) is 3. The van der Waals surface area contributed by atoms with E-state index in [1.807, 2.05) is 0 Å². The monoisotopic (exact) mass is 338 g/mol. The molecule has 2 rings (SSSR count). The molecule has 0 saturated heterocycles. The first-order chi connectivity index (χ1) is 11.4. The summed E-state index contributed by atoms with van der Waals surface area (Å²) >= 11 is 0. The number of esters is 1. The molecule has 0 aromatic heterocycles. The van der Waals surface area contributed by atoms with Crippen molar-refractivity contribution in [1.29, 1.82) is 0 Å². The molecule has 3 nitrogen and oxygen atoms in total. The highest BCUT2D eigenvalue weighted by molar-refractivity contribution is 5.69. The van der Waals surface area contributed by atoms with E-state index in [0.29, 0.717) is 11.8 Å². The smallest absolute Gasteiger partial charge is 0.306 e. The Morgan fingerprint density at radius 1 is 0.958 bits per heavy atom. The van der Waals surface area contributed by atoms with Crippen LogP contribution in [0.4, 0.5) is 0 Å². The van der Waals surface area contributed by atoms with Crippen LogP contribution >= 0.6 is 0 Å². The van der Waals surface area contributed by atoms with Crippen LogP contribution in [0.1, 0.15) is 97.8 Å². The molecule has 0 unspecified atom stereocenters. The van der Waals surface area contributed by atoms with E-state index in [1.54, 1.807) is 0 Å². The number of aliphatic hydroxyl groups is 1. The van der Waals surface area contributed by atoms with E-state index >= 15 is 0 Å². The topological polar surface area (TPSA) is 46.5 Å². The summed E-state index contributed by atoms with van der Waals surface area (Å²) in [7, 11) is 0. The first kappa shape index (κ1) is 19.8. The Morgan fingerprint density at radius 3 is 2.04 bits per heavy atom. The summed E-state index contributed by atoms with van der Waals surface area (Å²) in [5, 5.41) is 9.75. The number of ether oxygens (including phenoxy) is 1. The minimum absolute atomic E-state index is 0.00688. The lowest BCUT2D eigenvalue weighted by molar-refractivity contribution is -0.151. The number of rotatable bonds is 7. The minimum Gasteiger partial charge on any atom is -0.462 e. The highest BCUT2D eigenvalue weighted by Crippen LogP contribution is 2.48.